The van der Waals surface area contributed by atoms with Crippen molar-refractivity contribution in [3.8, 4) is 6.07 Å². The average Bonchev–Trinajstić information content (AvgIpc) is 3.31. The lowest BCUT2D eigenvalue weighted by Crippen LogP contribution is -1.85. The van der Waals surface area contributed by atoms with Crippen molar-refractivity contribution in [2.45, 2.75) is 77.6 Å². The van der Waals surface area contributed by atoms with Gasteiger partial charge in [-0.2, -0.15) is 5.26 Å². The van der Waals surface area contributed by atoms with Gasteiger partial charge in [0.15, 0.2) is 0 Å². The lowest BCUT2D eigenvalue weighted by molar-refractivity contribution is 0.556. The molecule has 0 fully saturated rings. The quantitative estimate of drug-likeness (QED) is 0.214. The molecule has 0 unspecified atom stereocenters. The largest absolute Gasteiger partial charge is 0.192 e. The molecule has 0 radical (unpaired) electrons. The Hall–Kier alpha value is -0.890. The lowest BCUT2D eigenvalue weighted by atomic mass is 10.0. The summed E-state index contributed by atoms with van der Waals surface area (Å²) < 4.78 is 1.22. The first-order chi connectivity index (χ1) is 13.2. The van der Waals surface area contributed by atoms with Crippen molar-refractivity contribution >= 4 is 50.3 Å². The summed E-state index contributed by atoms with van der Waals surface area (Å²) in [6, 6.07) is 8.58. The van der Waals surface area contributed by atoms with Crippen molar-refractivity contribution in [2.24, 2.45) is 0 Å². The van der Waals surface area contributed by atoms with E-state index >= 15 is 0 Å². The summed E-state index contributed by atoms with van der Waals surface area (Å²) in [7, 11) is 0. The summed E-state index contributed by atoms with van der Waals surface area (Å²) in [4.78, 5) is 2.20. The van der Waals surface area contributed by atoms with Gasteiger partial charge < -0.3 is 0 Å². The van der Waals surface area contributed by atoms with Crippen LogP contribution in [0.2, 0.25) is 0 Å². The van der Waals surface area contributed by atoms with Crippen LogP contribution in [0, 0.1) is 11.3 Å². The second-order valence-corrected chi connectivity index (χ2v) is 10.4. The van der Waals surface area contributed by atoms with E-state index in [4.69, 9.17) is 0 Å². The van der Waals surface area contributed by atoms with E-state index in [9.17, 15) is 5.26 Å². The molecule has 0 aromatic carbocycles. The van der Waals surface area contributed by atoms with Gasteiger partial charge in [-0.3, -0.25) is 0 Å². The summed E-state index contributed by atoms with van der Waals surface area (Å²) in [5.41, 5.74) is 2.14. The fraction of sp³-hybridized carbons (Fsp3) is 0.522. The number of nitrogens with zero attached hydrogens (tertiary/aromatic N) is 1. The van der Waals surface area contributed by atoms with E-state index in [1.165, 1.54) is 73.6 Å². The highest BCUT2D eigenvalue weighted by atomic mass is 79.9. The first kappa shape index (κ1) is 22.4. The second-order valence-electron chi connectivity index (χ2n) is 7.03. The zero-order valence-electron chi connectivity index (χ0n) is 16.3. The molecule has 2 aromatic heterocycles. The lowest BCUT2D eigenvalue weighted by Gasteiger charge is -2.02. The fourth-order valence-electron chi connectivity index (χ4n) is 3.20. The molecule has 0 spiro atoms. The molecule has 0 saturated heterocycles. The van der Waals surface area contributed by atoms with Gasteiger partial charge in [0.2, 0.25) is 0 Å². The Morgan fingerprint density at radius 2 is 1.74 bits per heavy atom. The van der Waals surface area contributed by atoms with E-state index < -0.39 is 0 Å². The number of unbranched alkanes of at least 4 members (excludes halogenated alkanes) is 9. The smallest absolute Gasteiger partial charge is 0.101 e. The van der Waals surface area contributed by atoms with Crippen LogP contribution in [-0.4, -0.2) is 0 Å². The summed E-state index contributed by atoms with van der Waals surface area (Å²) in [6.07, 6.45) is 16.9. The van der Waals surface area contributed by atoms with Crippen LogP contribution in [0.4, 0.5) is 0 Å². The van der Waals surface area contributed by atoms with Crippen LogP contribution >= 0.6 is 38.6 Å². The molecule has 2 rings (SSSR count). The minimum atomic E-state index is 0.754. The highest BCUT2D eigenvalue weighted by Gasteiger charge is 2.08. The Bertz CT molecular complexity index is 722. The van der Waals surface area contributed by atoms with Crippen LogP contribution in [0.5, 0.6) is 0 Å². The zero-order valence-corrected chi connectivity index (χ0v) is 19.5. The molecule has 0 saturated carbocycles. The monoisotopic (exact) mass is 463 g/mol. The third-order valence-corrected chi connectivity index (χ3v) is 7.58. The Labute approximate surface area is 181 Å². The standard InChI is InChI=1S/C23H30BrNS2/c1-2-3-4-5-6-7-8-9-10-11-13-19-16-21(27-23(19)24)17-20(18-25)22-14-12-15-26-22/h12,14-17H,2-11,13H2,1H3/b20-17+. The number of hydrogen-bond acceptors (Lipinski definition) is 3. The number of rotatable bonds is 13. The molecule has 1 nitrogen and oxygen atoms in total. The Morgan fingerprint density at radius 1 is 1.07 bits per heavy atom. The van der Waals surface area contributed by atoms with Gasteiger partial charge in [0.05, 0.1) is 9.36 Å². The zero-order chi connectivity index (χ0) is 19.3. The Morgan fingerprint density at radius 3 is 2.33 bits per heavy atom. The van der Waals surface area contributed by atoms with Gasteiger partial charge in [-0.1, -0.05) is 70.8 Å². The van der Waals surface area contributed by atoms with Crippen molar-refractivity contribution in [3.63, 3.8) is 0 Å². The molecule has 0 aliphatic carbocycles. The van der Waals surface area contributed by atoms with Crippen LogP contribution in [0.25, 0.3) is 11.6 Å². The van der Waals surface area contributed by atoms with Crippen molar-refractivity contribution in [1.82, 2.24) is 0 Å². The van der Waals surface area contributed by atoms with Crippen LogP contribution < -0.4 is 0 Å². The highest BCUT2D eigenvalue weighted by Crippen LogP contribution is 2.32. The maximum Gasteiger partial charge on any atom is 0.101 e. The van der Waals surface area contributed by atoms with Gasteiger partial charge >= 0.3 is 0 Å². The van der Waals surface area contributed by atoms with Gasteiger partial charge in [0.25, 0.3) is 0 Å². The number of nitriles is 1. The second kappa shape index (κ2) is 13.3. The fourth-order valence-corrected chi connectivity index (χ4v) is 5.65. The van der Waals surface area contributed by atoms with E-state index in [2.05, 4.69) is 35.0 Å². The van der Waals surface area contributed by atoms with Gasteiger partial charge in [0, 0.05) is 9.75 Å². The maximum absolute atomic E-state index is 9.42. The summed E-state index contributed by atoms with van der Waals surface area (Å²) in [6.45, 7) is 2.28. The molecule has 2 aromatic rings. The molecule has 0 N–H and O–H groups in total. The van der Waals surface area contributed by atoms with Crippen molar-refractivity contribution in [2.75, 3.05) is 0 Å². The van der Waals surface area contributed by atoms with E-state index in [1.807, 2.05) is 23.6 Å². The number of thiophene rings is 2. The van der Waals surface area contributed by atoms with Crippen LogP contribution in [0.1, 0.15) is 86.4 Å². The van der Waals surface area contributed by atoms with E-state index in [0.717, 1.165) is 21.7 Å². The first-order valence-corrected chi connectivity index (χ1v) is 12.7. The minimum Gasteiger partial charge on any atom is -0.192 e. The summed E-state index contributed by atoms with van der Waals surface area (Å²) in [5, 5.41) is 11.4. The third kappa shape index (κ3) is 8.34. The van der Waals surface area contributed by atoms with Gasteiger partial charge in [-0.05, 0) is 57.9 Å². The molecule has 0 aliphatic rings. The molecular weight excluding hydrogens is 434 g/mol. The van der Waals surface area contributed by atoms with E-state index in [1.54, 1.807) is 22.7 Å². The third-order valence-electron chi connectivity index (χ3n) is 4.77. The molecule has 4 heteroatoms. The van der Waals surface area contributed by atoms with Crippen molar-refractivity contribution in [3.05, 3.63) is 42.7 Å². The molecule has 0 amide bonds. The topological polar surface area (TPSA) is 23.8 Å². The number of aryl methyl sites for hydroxylation is 1. The van der Waals surface area contributed by atoms with Gasteiger partial charge in [-0.15, -0.1) is 22.7 Å². The molecule has 2 heterocycles. The molecule has 0 atom stereocenters. The van der Waals surface area contributed by atoms with Gasteiger partial charge in [-0.25, -0.2) is 0 Å². The number of allylic oxidation sites excluding steroid dienone is 1. The van der Waals surface area contributed by atoms with Crippen LogP contribution in [0.3, 0.4) is 0 Å². The molecule has 146 valence electrons. The van der Waals surface area contributed by atoms with E-state index in [-0.39, 0.29) is 0 Å². The Kier molecular flexibility index (Phi) is 11.0. The number of halogens is 1. The molecule has 0 aliphatic heterocycles. The average molecular weight is 465 g/mol. The Balaban J connectivity index is 1.70. The van der Waals surface area contributed by atoms with Gasteiger partial charge in [0.1, 0.15) is 6.07 Å². The number of hydrogen-bond donors (Lipinski definition) is 0. The SMILES string of the molecule is CCCCCCCCCCCCc1cc(/C=C(\C#N)c2cccs2)sc1Br. The van der Waals surface area contributed by atoms with Crippen LogP contribution in [0.15, 0.2) is 27.4 Å². The predicted octanol–water partition coefficient (Wildman–Crippen LogP) is 9.10. The van der Waals surface area contributed by atoms with Crippen molar-refractivity contribution in [1.29, 1.82) is 5.26 Å². The predicted molar refractivity (Wildman–Crippen MR) is 125 cm³/mol. The summed E-state index contributed by atoms with van der Waals surface area (Å²) in [5.74, 6) is 0. The first-order valence-electron chi connectivity index (χ1n) is 10.2. The molecule has 0 bridgehead atoms. The van der Waals surface area contributed by atoms with Crippen molar-refractivity contribution < 1.29 is 0 Å². The summed E-state index contributed by atoms with van der Waals surface area (Å²) >= 11 is 7.06. The minimum absolute atomic E-state index is 0.754. The highest BCUT2D eigenvalue weighted by molar-refractivity contribution is 9.11. The molecular formula is C23H30BrNS2. The normalized spacial score (nSPS) is 11.7. The van der Waals surface area contributed by atoms with Crippen LogP contribution in [-0.2, 0) is 6.42 Å². The maximum atomic E-state index is 9.42. The molecule has 27 heavy (non-hydrogen) atoms. The van der Waals surface area contributed by atoms with E-state index in [0.29, 0.717) is 0 Å².